The summed E-state index contributed by atoms with van der Waals surface area (Å²) in [5, 5.41) is 0. The van der Waals surface area contributed by atoms with Crippen molar-refractivity contribution < 1.29 is 32.2 Å². The Balaban J connectivity index is 1.84. The fourth-order valence-electron chi connectivity index (χ4n) is 4.12. The Labute approximate surface area is 211 Å². The average Bonchev–Trinajstić information content (AvgIpc) is 2.77. The van der Waals surface area contributed by atoms with Gasteiger partial charge < -0.3 is 14.4 Å². The van der Waals surface area contributed by atoms with E-state index in [1.165, 1.54) is 6.07 Å². The molecule has 0 N–H and O–H groups in total. The molecule has 2 aromatic rings. The molecule has 5 nitrogen and oxygen atoms in total. The monoisotopic (exact) mass is 555 g/mol. The number of amides is 1. The predicted molar refractivity (Wildman–Crippen MR) is 129 cm³/mol. The minimum Gasteiger partial charge on any atom is -0.457 e. The lowest BCUT2D eigenvalue weighted by atomic mass is 9.72. The second-order valence-electron chi connectivity index (χ2n) is 9.73. The summed E-state index contributed by atoms with van der Waals surface area (Å²) in [6, 6.07) is 12.6. The topological polar surface area (TPSA) is 55.8 Å². The molecule has 190 valence electrons. The van der Waals surface area contributed by atoms with E-state index in [1.54, 1.807) is 32.6 Å². The normalized spacial score (nSPS) is 17.0. The summed E-state index contributed by atoms with van der Waals surface area (Å²) in [5.41, 5.74) is -1.53. The zero-order valence-electron chi connectivity index (χ0n) is 20.1. The van der Waals surface area contributed by atoms with Gasteiger partial charge >= 0.3 is 18.2 Å². The average molecular weight is 556 g/mol. The van der Waals surface area contributed by atoms with E-state index in [2.05, 4.69) is 15.9 Å². The Bertz CT molecular complexity index is 1060. The van der Waals surface area contributed by atoms with Crippen LogP contribution in [-0.2, 0) is 25.9 Å². The first-order valence-electron chi connectivity index (χ1n) is 11.3. The number of carbonyl (C=O) groups excluding carboxylic acids is 2. The number of rotatable bonds is 4. The maximum absolute atomic E-state index is 13.6. The van der Waals surface area contributed by atoms with Gasteiger partial charge in [-0.3, -0.25) is 4.79 Å². The van der Waals surface area contributed by atoms with Crippen LogP contribution in [0, 0.1) is 0 Å². The molecular formula is C26H29BrF3NO4. The van der Waals surface area contributed by atoms with Crippen molar-refractivity contribution in [1.29, 1.82) is 0 Å². The van der Waals surface area contributed by atoms with Gasteiger partial charge in [-0.15, -0.1) is 0 Å². The Kier molecular flexibility index (Phi) is 7.89. The maximum atomic E-state index is 13.6. The molecule has 0 radical (unpaired) electrons. The van der Waals surface area contributed by atoms with Crippen LogP contribution in [-0.4, -0.2) is 35.7 Å². The van der Waals surface area contributed by atoms with Crippen LogP contribution >= 0.6 is 15.9 Å². The molecule has 2 aromatic carbocycles. The van der Waals surface area contributed by atoms with E-state index >= 15 is 0 Å². The number of alkyl halides is 3. The molecule has 3 rings (SSSR count). The second-order valence-corrected chi connectivity index (χ2v) is 10.6. The summed E-state index contributed by atoms with van der Waals surface area (Å²) in [7, 11) is 0. The van der Waals surface area contributed by atoms with Gasteiger partial charge in [-0.1, -0.05) is 46.3 Å². The maximum Gasteiger partial charge on any atom is 0.416 e. The van der Waals surface area contributed by atoms with Gasteiger partial charge in [0.2, 0.25) is 0 Å². The van der Waals surface area contributed by atoms with Gasteiger partial charge in [0.15, 0.2) is 0 Å². The molecule has 0 saturated carbocycles. The van der Waals surface area contributed by atoms with Crippen LogP contribution in [0.5, 0.6) is 0 Å². The zero-order chi connectivity index (χ0) is 26.0. The van der Waals surface area contributed by atoms with Gasteiger partial charge in [0.05, 0.1) is 11.0 Å². The van der Waals surface area contributed by atoms with E-state index in [0.717, 1.165) is 17.7 Å². The van der Waals surface area contributed by atoms with E-state index < -0.39 is 40.9 Å². The lowest BCUT2D eigenvalue weighted by molar-refractivity contribution is -0.158. The molecule has 9 heteroatoms. The first kappa shape index (κ1) is 27.0. The molecule has 0 spiro atoms. The Morgan fingerprint density at radius 1 is 1.03 bits per heavy atom. The Morgan fingerprint density at radius 3 is 2.17 bits per heavy atom. The molecule has 1 aliphatic rings. The second kappa shape index (κ2) is 10.2. The van der Waals surface area contributed by atoms with Crippen molar-refractivity contribution in [3.63, 3.8) is 0 Å². The molecule has 35 heavy (non-hydrogen) atoms. The number of piperidine rings is 1. The Hall–Kier alpha value is -2.55. The van der Waals surface area contributed by atoms with Crippen molar-refractivity contribution in [1.82, 2.24) is 4.90 Å². The standard InChI is InChI=1S/C26H29BrF3NO4/c1-17(18-14-20(26(28,29)30)16-21(27)15-18)34-22(32)25(19-8-6-5-7-9-19)10-12-31(13-11-25)23(33)35-24(2,3)4/h5-9,14-17H,10-13H2,1-4H3/t17-/m0/s1. The van der Waals surface area contributed by atoms with Crippen LogP contribution in [0.25, 0.3) is 0 Å². The van der Waals surface area contributed by atoms with Gasteiger partial charge in [0, 0.05) is 17.6 Å². The van der Waals surface area contributed by atoms with Crippen LogP contribution in [0.1, 0.15) is 63.3 Å². The molecule has 1 fully saturated rings. The van der Waals surface area contributed by atoms with E-state index in [4.69, 9.17) is 9.47 Å². The molecule has 0 aliphatic carbocycles. The number of benzene rings is 2. The summed E-state index contributed by atoms with van der Waals surface area (Å²) >= 11 is 3.11. The fraction of sp³-hybridized carbons (Fsp3) is 0.462. The first-order chi connectivity index (χ1) is 16.2. The van der Waals surface area contributed by atoms with Crippen LogP contribution in [0.2, 0.25) is 0 Å². The number of carbonyl (C=O) groups is 2. The molecule has 0 aromatic heterocycles. The first-order valence-corrected chi connectivity index (χ1v) is 12.1. The third kappa shape index (κ3) is 6.57. The highest BCUT2D eigenvalue weighted by molar-refractivity contribution is 9.10. The Morgan fingerprint density at radius 2 is 1.63 bits per heavy atom. The van der Waals surface area contributed by atoms with Gasteiger partial charge in [-0.25, -0.2) is 4.79 Å². The largest absolute Gasteiger partial charge is 0.457 e. The van der Waals surface area contributed by atoms with Gasteiger partial charge in [0.25, 0.3) is 0 Å². The number of halogens is 4. The van der Waals surface area contributed by atoms with Crippen LogP contribution < -0.4 is 0 Å². The lowest BCUT2D eigenvalue weighted by Gasteiger charge is -2.41. The van der Waals surface area contributed by atoms with Gasteiger partial charge in [-0.05, 0) is 69.9 Å². The number of hydrogen-bond acceptors (Lipinski definition) is 4. The zero-order valence-corrected chi connectivity index (χ0v) is 21.7. The molecule has 1 atom stereocenters. The molecule has 0 unspecified atom stereocenters. The van der Waals surface area contributed by atoms with Crippen molar-refractivity contribution in [2.75, 3.05) is 13.1 Å². The highest BCUT2D eigenvalue weighted by Crippen LogP contribution is 2.40. The smallest absolute Gasteiger partial charge is 0.416 e. The molecule has 1 saturated heterocycles. The number of esters is 1. The van der Waals surface area contributed by atoms with Crippen molar-refractivity contribution in [2.45, 2.75) is 63.8 Å². The van der Waals surface area contributed by atoms with E-state index in [9.17, 15) is 22.8 Å². The molecule has 1 amide bonds. The third-order valence-corrected chi connectivity index (χ3v) is 6.44. The van der Waals surface area contributed by atoms with Crippen LogP contribution in [0.3, 0.4) is 0 Å². The number of hydrogen-bond donors (Lipinski definition) is 0. The van der Waals surface area contributed by atoms with Crippen molar-refractivity contribution >= 4 is 28.0 Å². The molecule has 1 heterocycles. The minimum absolute atomic E-state index is 0.231. The summed E-state index contributed by atoms with van der Waals surface area (Å²) in [4.78, 5) is 27.7. The van der Waals surface area contributed by atoms with Crippen LogP contribution in [0.4, 0.5) is 18.0 Å². The SMILES string of the molecule is C[C@H](OC(=O)C1(c2ccccc2)CCN(C(=O)OC(C)(C)C)CC1)c1cc(Br)cc(C(F)(F)F)c1. The third-order valence-electron chi connectivity index (χ3n) is 5.99. The quantitative estimate of drug-likeness (QED) is 0.379. The number of ether oxygens (including phenoxy) is 2. The summed E-state index contributed by atoms with van der Waals surface area (Å²) in [6.45, 7) is 7.47. The molecule has 0 bridgehead atoms. The lowest BCUT2D eigenvalue weighted by Crippen LogP contribution is -2.50. The van der Waals surface area contributed by atoms with Crippen molar-refractivity contribution in [3.8, 4) is 0 Å². The summed E-state index contributed by atoms with van der Waals surface area (Å²) in [5.74, 6) is -0.534. The fourth-order valence-corrected chi connectivity index (χ4v) is 4.63. The highest BCUT2D eigenvalue weighted by atomic mass is 79.9. The van der Waals surface area contributed by atoms with Crippen molar-refractivity contribution in [3.05, 3.63) is 69.7 Å². The van der Waals surface area contributed by atoms with Gasteiger partial charge in [-0.2, -0.15) is 13.2 Å². The van der Waals surface area contributed by atoms with Crippen molar-refractivity contribution in [2.24, 2.45) is 0 Å². The number of likely N-dealkylation sites (tertiary alicyclic amines) is 1. The minimum atomic E-state index is -4.53. The molecular weight excluding hydrogens is 527 g/mol. The number of nitrogens with zero attached hydrogens (tertiary/aromatic N) is 1. The highest BCUT2D eigenvalue weighted by Gasteiger charge is 2.46. The van der Waals surface area contributed by atoms with E-state index in [0.29, 0.717) is 12.8 Å². The van der Waals surface area contributed by atoms with E-state index in [1.807, 2.05) is 30.3 Å². The summed E-state index contributed by atoms with van der Waals surface area (Å²) < 4.78 is 51.3. The van der Waals surface area contributed by atoms with E-state index in [-0.39, 0.29) is 23.1 Å². The molecule has 1 aliphatic heterocycles. The summed E-state index contributed by atoms with van der Waals surface area (Å²) in [6.07, 6.45) is -5.29. The van der Waals surface area contributed by atoms with Gasteiger partial charge in [0.1, 0.15) is 11.7 Å². The van der Waals surface area contributed by atoms with Crippen LogP contribution in [0.15, 0.2) is 53.0 Å². The predicted octanol–water partition coefficient (Wildman–Crippen LogP) is 7.04.